The van der Waals surface area contributed by atoms with E-state index in [1.807, 2.05) is 44.2 Å². The Bertz CT molecular complexity index is 1440. The minimum atomic E-state index is -0.422. The summed E-state index contributed by atoms with van der Waals surface area (Å²) in [4.78, 5) is 16.8. The maximum atomic E-state index is 12.1. The van der Waals surface area contributed by atoms with Gasteiger partial charge in [-0.05, 0) is 55.7 Å². The molecule has 0 atom stereocenters. The second-order valence-corrected chi connectivity index (χ2v) is 7.92. The number of aryl methyl sites for hydroxylation is 2. The smallest absolute Gasteiger partial charge is 0.374 e. The normalized spacial score (nSPS) is 11.3. The van der Waals surface area contributed by atoms with Gasteiger partial charge in [-0.3, -0.25) is 0 Å². The molecular weight excluding hydrogens is 400 g/mol. The van der Waals surface area contributed by atoms with Crippen LogP contribution in [0, 0.1) is 13.8 Å². The van der Waals surface area contributed by atoms with Crippen LogP contribution in [0.2, 0.25) is 0 Å². The summed E-state index contributed by atoms with van der Waals surface area (Å²) in [5, 5.41) is 0.927. The number of para-hydroxylation sites is 2. The molecule has 0 unspecified atom stereocenters. The van der Waals surface area contributed by atoms with Gasteiger partial charge < -0.3 is 13.7 Å². The van der Waals surface area contributed by atoms with Gasteiger partial charge in [0, 0.05) is 17.5 Å². The van der Waals surface area contributed by atoms with E-state index in [1.165, 1.54) is 5.56 Å². The first kappa shape index (κ1) is 20.1. The Morgan fingerprint density at radius 2 is 1.75 bits per heavy atom. The van der Waals surface area contributed by atoms with Crippen molar-refractivity contribution in [1.82, 2.24) is 9.55 Å². The van der Waals surface area contributed by atoms with Gasteiger partial charge in [-0.25, -0.2) is 9.78 Å². The number of esters is 1. The van der Waals surface area contributed by atoms with Crippen molar-refractivity contribution >= 4 is 28.0 Å². The molecule has 5 rings (SSSR count). The summed E-state index contributed by atoms with van der Waals surface area (Å²) in [5.74, 6) is 0.859. The molecule has 0 saturated heterocycles. The molecule has 0 N–H and O–H groups in total. The highest BCUT2D eigenvalue weighted by atomic mass is 16.5. The minimum Gasteiger partial charge on any atom is -0.460 e. The van der Waals surface area contributed by atoms with Gasteiger partial charge in [0.1, 0.15) is 11.4 Å². The number of aromatic nitrogens is 2. The Labute approximate surface area is 186 Å². The molecule has 32 heavy (non-hydrogen) atoms. The molecule has 2 heterocycles. The number of rotatable bonds is 5. The van der Waals surface area contributed by atoms with Gasteiger partial charge in [0.2, 0.25) is 5.76 Å². The van der Waals surface area contributed by atoms with E-state index in [9.17, 15) is 4.79 Å². The van der Waals surface area contributed by atoms with E-state index in [0.29, 0.717) is 12.2 Å². The number of ether oxygens (including phenoxy) is 1. The number of hydrogen-bond acceptors (Lipinski definition) is 4. The summed E-state index contributed by atoms with van der Waals surface area (Å²) in [6, 6.07) is 22.8. The summed E-state index contributed by atoms with van der Waals surface area (Å²) < 4.78 is 13.2. The molecule has 0 aliphatic rings. The Morgan fingerprint density at radius 1 is 1.00 bits per heavy atom. The number of fused-ring (bicyclic) bond motifs is 2. The summed E-state index contributed by atoms with van der Waals surface area (Å²) in [5.41, 5.74) is 7.00. The van der Waals surface area contributed by atoms with Crippen LogP contribution < -0.4 is 0 Å². The molecule has 5 aromatic rings. The third kappa shape index (κ3) is 3.46. The number of nitrogens with zero attached hydrogens (tertiary/aromatic N) is 2. The fraction of sp³-hybridized carbons (Fsp3) is 0.185. The monoisotopic (exact) mass is 424 g/mol. The lowest BCUT2D eigenvalue weighted by molar-refractivity contribution is 0.0491. The average Bonchev–Trinajstić information content (AvgIpc) is 3.30. The molecule has 0 bridgehead atoms. The number of hydrogen-bond donors (Lipinski definition) is 0. The molecule has 0 saturated carbocycles. The van der Waals surface area contributed by atoms with Gasteiger partial charge in [-0.15, -0.1) is 0 Å². The molecule has 0 fully saturated rings. The minimum absolute atomic E-state index is 0.275. The Balaban J connectivity index is 1.43. The van der Waals surface area contributed by atoms with Crippen LogP contribution in [0.1, 0.15) is 34.4 Å². The van der Waals surface area contributed by atoms with Crippen LogP contribution in [-0.2, 0) is 11.3 Å². The van der Waals surface area contributed by atoms with E-state index >= 15 is 0 Å². The quantitative estimate of drug-likeness (QED) is 0.311. The van der Waals surface area contributed by atoms with Crippen molar-refractivity contribution in [3.63, 3.8) is 0 Å². The first-order valence-electron chi connectivity index (χ1n) is 10.8. The molecule has 5 nitrogen and oxygen atoms in total. The van der Waals surface area contributed by atoms with Crippen LogP contribution in [0.25, 0.3) is 33.1 Å². The van der Waals surface area contributed by atoms with Crippen molar-refractivity contribution in [3.05, 3.63) is 89.4 Å². The molecule has 0 radical (unpaired) electrons. The van der Waals surface area contributed by atoms with Gasteiger partial charge in [0.25, 0.3) is 0 Å². The Kier molecular flexibility index (Phi) is 5.02. The van der Waals surface area contributed by atoms with E-state index in [-0.39, 0.29) is 5.76 Å². The molecule has 2 aromatic heterocycles. The van der Waals surface area contributed by atoms with Crippen molar-refractivity contribution < 1.29 is 13.9 Å². The van der Waals surface area contributed by atoms with Gasteiger partial charge in [-0.1, -0.05) is 48.5 Å². The molecule has 0 spiro atoms. The zero-order valence-corrected chi connectivity index (χ0v) is 18.4. The van der Waals surface area contributed by atoms with Crippen LogP contribution >= 0.6 is 0 Å². The molecule has 0 aliphatic heterocycles. The van der Waals surface area contributed by atoms with E-state index in [2.05, 4.69) is 45.9 Å². The Hall–Kier alpha value is -3.86. The number of benzene rings is 3. The highest BCUT2D eigenvalue weighted by Crippen LogP contribution is 2.31. The molecule has 160 valence electrons. The third-order valence-electron chi connectivity index (χ3n) is 5.87. The largest absolute Gasteiger partial charge is 0.460 e. The van der Waals surface area contributed by atoms with Gasteiger partial charge in [-0.2, -0.15) is 0 Å². The van der Waals surface area contributed by atoms with Crippen LogP contribution in [0.3, 0.4) is 0 Å². The first-order chi connectivity index (χ1) is 15.5. The van der Waals surface area contributed by atoms with Crippen molar-refractivity contribution in [2.75, 3.05) is 6.61 Å². The van der Waals surface area contributed by atoms with Crippen LogP contribution in [0.4, 0.5) is 0 Å². The lowest BCUT2D eigenvalue weighted by Crippen LogP contribution is -2.04. The SMILES string of the molecule is CCOC(=O)c1oc2cc(-c3ccc(Cn4c(C)nc5ccccc54)cc3)ccc2c1C. The highest BCUT2D eigenvalue weighted by molar-refractivity contribution is 5.97. The molecule has 0 amide bonds. The van der Waals surface area contributed by atoms with Gasteiger partial charge in [0.05, 0.1) is 17.6 Å². The fourth-order valence-corrected chi connectivity index (χ4v) is 4.18. The summed E-state index contributed by atoms with van der Waals surface area (Å²) in [6.07, 6.45) is 0. The van der Waals surface area contributed by atoms with E-state index in [4.69, 9.17) is 9.15 Å². The standard InChI is InChI=1S/C27H24N2O3/c1-4-31-27(30)26-17(2)22-14-13-21(15-25(22)32-26)20-11-9-19(10-12-20)16-29-18(3)28-23-7-5-6-8-24(23)29/h5-15H,4,16H2,1-3H3. The number of furan rings is 1. The van der Waals surface area contributed by atoms with Crippen LogP contribution in [0.15, 0.2) is 71.1 Å². The summed E-state index contributed by atoms with van der Waals surface area (Å²) >= 11 is 0. The van der Waals surface area contributed by atoms with E-state index in [1.54, 1.807) is 6.92 Å². The maximum Gasteiger partial charge on any atom is 0.374 e. The van der Waals surface area contributed by atoms with Gasteiger partial charge in [0.15, 0.2) is 0 Å². The zero-order valence-electron chi connectivity index (χ0n) is 18.4. The van der Waals surface area contributed by atoms with Crippen molar-refractivity contribution in [2.45, 2.75) is 27.3 Å². The summed E-state index contributed by atoms with van der Waals surface area (Å²) in [6.45, 7) is 6.80. The third-order valence-corrected chi connectivity index (χ3v) is 5.87. The lowest BCUT2D eigenvalue weighted by Gasteiger charge is -2.08. The number of carbonyl (C=O) groups is 1. The second-order valence-electron chi connectivity index (χ2n) is 7.92. The predicted molar refractivity (Wildman–Crippen MR) is 126 cm³/mol. The van der Waals surface area contributed by atoms with Crippen molar-refractivity contribution in [3.8, 4) is 11.1 Å². The summed E-state index contributed by atoms with van der Waals surface area (Å²) in [7, 11) is 0. The van der Waals surface area contributed by atoms with Gasteiger partial charge >= 0.3 is 5.97 Å². The van der Waals surface area contributed by atoms with Crippen molar-refractivity contribution in [1.29, 1.82) is 0 Å². The lowest BCUT2D eigenvalue weighted by atomic mass is 10.0. The fourth-order valence-electron chi connectivity index (χ4n) is 4.18. The molecular formula is C27H24N2O3. The topological polar surface area (TPSA) is 57.3 Å². The van der Waals surface area contributed by atoms with E-state index < -0.39 is 5.97 Å². The van der Waals surface area contributed by atoms with Crippen molar-refractivity contribution in [2.24, 2.45) is 0 Å². The zero-order chi connectivity index (χ0) is 22.2. The maximum absolute atomic E-state index is 12.1. The molecule has 3 aromatic carbocycles. The predicted octanol–water partition coefficient (Wildman–Crippen LogP) is 6.29. The highest BCUT2D eigenvalue weighted by Gasteiger charge is 2.19. The molecule has 5 heteroatoms. The van der Waals surface area contributed by atoms with Crippen LogP contribution in [0.5, 0.6) is 0 Å². The number of imidazole rings is 1. The molecule has 0 aliphatic carbocycles. The number of carbonyl (C=O) groups excluding carboxylic acids is 1. The second kappa shape index (κ2) is 8.00. The van der Waals surface area contributed by atoms with E-state index in [0.717, 1.165) is 45.5 Å². The Morgan fingerprint density at radius 3 is 2.53 bits per heavy atom. The first-order valence-corrected chi connectivity index (χ1v) is 10.8. The van der Waals surface area contributed by atoms with Crippen LogP contribution in [-0.4, -0.2) is 22.1 Å². The average molecular weight is 425 g/mol.